The fourth-order valence-corrected chi connectivity index (χ4v) is 2.17. The lowest BCUT2D eigenvalue weighted by molar-refractivity contribution is 0.0905. The maximum absolute atomic E-state index is 13.1. The quantitative estimate of drug-likeness (QED) is 0.771. The molecule has 0 aliphatic carbocycles. The summed E-state index contributed by atoms with van der Waals surface area (Å²) < 4.78 is 17.9. The van der Waals surface area contributed by atoms with E-state index in [1.165, 1.54) is 12.1 Å². The average molecular weight is 313 g/mol. The van der Waals surface area contributed by atoms with Crippen LogP contribution in [-0.4, -0.2) is 16.0 Å². The van der Waals surface area contributed by atoms with Crippen LogP contribution >= 0.6 is 0 Å². The Morgan fingerprint density at radius 2 is 1.78 bits per heavy atom. The van der Waals surface area contributed by atoms with Crippen molar-refractivity contribution < 1.29 is 13.7 Å². The van der Waals surface area contributed by atoms with Crippen LogP contribution in [0.3, 0.4) is 0 Å². The second-order valence-corrected chi connectivity index (χ2v) is 4.82. The van der Waals surface area contributed by atoms with Gasteiger partial charge in [-0.2, -0.15) is 5.16 Å². The molecule has 1 aromatic carbocycles. The number of carbonyl (C=O) groups excluding carboxylic acids is 1. The zero-order valence-corrected chi connectivity index (χ0v) is 11.8. The van der Waals surface area contributed by atoms with Gasteiger partial charge in [-0.15, -0.1) is 0 Å². The molecule has 0 bridgehead atoms. The van der Waals surface area contributed by atoms with Crippen LogP contribution in [0.15, 0.2) is 64.2 Å². The first-order valence-electron chi connectivity index (χ1n) is 6.78. The Hall–Kier alpha value is -3.22. The third-order valence-corrected chi connectivity index (χ3v) is 3.27. The van der Waals surface area contributed by atoms with Gasteiger partial charge in [-0.1, -0.05) is 12.1 Å². The third kappa shape index (κ3) is 3.34. The zero-order valence-electron chi connectivity index (χ0n) is 11.8. The van der Waals surface area contributed by atoms with Crippen LogP contribution in [0.25, 0.3) is 0 Å². The number of nitrogens with one attached hydrogen (secondary N) is 2. The number of nitrogens with zero attached hydrogens (tertiary/aromatic N) is 1. The average Bonchev–Trinajstić information content (AvgIpc) is 3.01. The number of halogens is 1. The first-order chi connectivity index (χ1) is 11.1. The van der Waals surface area contributed by atoms with E-state index in [2.05, 4.69) is 15.5 Å². The Balaban J connectivity index is 1.94. The first-order valence-corrected chi connectivity index (χ1v) is 6.78. The third-order valence-electron chi connectivity index (χ3n) is 3.27. The van der Waals surface area contributed by atoms with Crippen LogP contribution in [-0.2, 0) is 0 Å². The summed E-state index contributed by atoms with van der Waals surface area (Å²) in [7, 11) is 0. The summed E-state index contributed by atoms with van der Waals surface area (Å²) in [5.74, 6) is -1.06. The highest BCUT2D eigenvalue weighted by molar-refractivity contribution is 5.91. The fourth-order valence-electron chi connectivity index (χ4n) is 2.17. The Morgan fingerprint density at radius 3 is 2.39 bits per heavy atom. The summed E-state index contributed by atoms with van der Waals surface area (Å²) in [6.45, 7) is 0. The maximum Gasteiger partial charge on any atom is 0.290 e. The molecular weight excluding hydrogens is 301 g/mol. The molecule has 0 saturated heterocycles. The molecule has 6 nitrogen and oxygen atoms in total. The molecule has 0 radical (unpaired) electrons. The van der Waals surface area contributed by atoms with Gasteiger partial charge in [-0.05, 0) is 35.4 Å². The van der Waals surface area contributed by atoms with Crippen molar-refractivity contribution >= 4 is 5.91 Å². The van der Waals surface area contributed by atoms with E-state index in [0.29, 0.717) is 5.56 Å². The SMILES string of the molecule is O=C(NC(c1ccncc1)c1ccc(F)cc1)c1cc(=O)[nH]o1. The highest BCUT2D eigenvalue weighted by Gasteiger charge is 2.20. The van der Waals surface area contributed by atoms with Gasteiger partial charge in [0.1, 0.15) is 5.82 Å². The van der Waals surface area contributed by atoms with Crippen molar-refractivity contribution in [2.75, 3.05) is 0 Å². The van der Waals surface area contributed by atoms with Gasteiger partial charge in [0.25, 0.3) is 11.5 Å². The molecule has 2 N–H and O–H groups in total. The smallest absolute Gasteiger partial charge is 0.290 e. The van der Waals surface area contributed by atoms with Gasteiger partial charge in [0, 0.05) is 12.4 Å². The predicted octanol–water partition coefficient (Wildman–Crippen LogP) is 2.02. The van der Waals surface area contributed by atoms with Gasteiger partial charge in [0.2, 0.25) is 5.76 Å². The lowest BCUT2D eigenvalue weighted by atomic mass is 9.99. The Kier molecular flexibility index (Phi) is 4.01. The van der Waals surface area contributed by atoms with E-state index in [1.807, 2.05) is 0 Å². The number of hydrogen-bond donors (Lipinski definition) is 2. The van der Waals surface area contributed by atoms with Crippen molar-refractivity contribution in [2.45, 2.75) is 6.04 Å². The van der Waals surface area contributed by atoms with Crippen molar-refractivity contribution in [1.29, 1.82) is 0 Å². The molecule has 0 fully saturated rings. The van der Waals surface area contributed by atoms with E-state index in [0.717, 1.165) is 11.6 Å². The van der Waals surface area contributed by atoms with Crippen molar-refractivity contribution in [1.82, 2.24) is 15.5 Å². The number of pyridine rings is 1. The highest BCUT2D eigenvalue weighted by Crippen LogP contribution is 2.22. The van der Waals surface area contributed by atoms with Gasteiger partial charge in [0.05, 0.1) is 12.1 Å². The lowest BCUT2D eigenvalue weighted by Gasteiger charge is -2.19. The molecule has 0 spiro atoms. The summed E-state index contributed by atoms with van der Waals surface area (Å²) in [6, 6.07) is 9.78. The molecular formula is C16H12FN3O3. The molecule has 3 rings (SSSR count). The zero-order chi connectivity index (χ0) is 16.2. The van der Waals surface area contributed by atoms with Gasteiger partial charge in [-0.25, -0.2) is 4.39 Å². The van der Waals surface area contributed by atoms with Crippen molar-refractivity contribution in [3.05, 3.63) is 87.9 Å². The molecule has 23 heavy (non-hydrogen) atoms. The van der Waals surface area contributed by atoms with Gasteiger partial charge < -0.3 is 9.84 Å². The standard InChI is InChI=1S/C16H12FN3O3/c17-12-3-1-10(2-4-12)15(11-5-7-18-8-6-11)19-16(22)13-9-14(21)20-23-13/h1-9,15H,(H,19,22)(H,20,21). The van der Waals surface area contributed by atoms with Crippen LogP contribution in [0.1, 0.15) is 27.7 Å². The molecule has 0 aliphatic heterocycles. The van der Waals surface area contributed by atoms with Gasteiger partial charge >= 0.3 is 0 Å². The molecule has 2 heterocycles. The number of amides is 1. The first kappa shape index (κ1) is 14.7. The normalized spacial score (nSPS) is 11.9. The second kappa shape index (κ2) is 6.27. The number of rotatable bonds is 4. The van der Waals surface area contributed by atoms with E-state index in [9.17, 15) is 14.0 Å². The number of carbonyl (C=O) groups is 1. The molecule has 0 saturated carbocycles. The predicted molar refractivity (Wildman–Crippen MR) is 79.3 cm³/mol. The lowest BCUT2D eigenvalue weighted by Crippen LogP contribution is -2.29. The van der Waals surface area contributed by atoms with E-state index in [-0.39, 0.29) is 11.6 Å². The van der Waals surface area contributed by atoms with Crippen LogP contribution in [0.4, 0.5) is 4.39 Å². The second-order valence-electron chi connectivity index (χ2n) is 4.82. The Bertz CT molecular complexity index is 856. The Labute approximate surface area is 129 Å². The van der Waals surface area contributed by atoms with Crippen LogP contribution < -0.4 is 10.9 Å². The summed E-state index contributed by atoms with van der Waals surface area (Å²) in [5.41, 5.74) is 0.944. The number of aromatic amines is 1. The van der Waals surface area contributed by atoms with Crippen LogP contribution in [0.2, 0.25) is 0 Å². The van der Waals surface area contributed by atoms with E-state index < -0.39 is 17.5 Å². The van der Waals surface area contributed by atoms with Crippen molar-refractivity contribution in [3.63, 3.8) is 0 Å². The number of hydrogen-bond acceptors (Lipinski definition) is 4. The number of benzene rings is 1. The molecule has 0 aliphatic rings. The topological polar surface area (TPSA) is 88.0 Å². The minimum Gasteiger partial charge on any atom is -0.373 e. The summed E-state index contributed by atoms with van der Waals surface area (Å²) in [5, 5.41) is 4.82. The summed E-state index contributed by atoms with van der Waals surface area (Å²) in [4.78, 5) is 27.2. The highest BCUT2D eigenvalue weighted by atomic mass is 19.1. The Morgan fingerprint density at radius 1 is 1.13 bits per heavy atom. The number of H-pyrrole nitrogens is 1. The molecule has 2 aromatic heterocycles. The molecule has 1 atom stereocenters. The minimum atomic E-state index is -0.561. The van der Waals surface area contributed by atoms with Crippen molar-refractivity contribution in [3.8, 4) is 0 Å². The van der Waals surface area contributed by atoms with Crippen LogP contribution in [0.5, 0.6) is 0 Å². The maximum atomic E-state index is 13.1. The van der Waals surface area contributed by atoms with E-state index in [1.54, 1.807) is 36.7 Å². The minimum absolute atomic E-state index is 0.129. The molecule has 1 amide bonds. The molecule has 1 unspecified atom stereocenters. The number of aromatic nitrogens is 2. The van der Waals surface area contributed by atoms with Crippen molar-refractivity contribution in [2.24, 2.45) is 0 Å². The van der Waals surface area contributed by atoms with E-state index in [4.69, 9.17) is 4.52 Å². The van der Waals surface area contributed by atoms with E-state index >= 15 is 0 Å². The van der Waals surface area contributed by atoms with Gasteiger partial charge in [0.15, 0.2) is 0 Å². The summed E-state index contributed by atoms with van der Waals surface area (Å²) >= 11 is 0. The fraction of sp³-hybridized carbons (Fsp3) is 0.0625. The summed E-state index contributed by atoms with van der Waals surface area (Å²) in [6.07, 6.45) is 3.18. The molecule has 116 valence electrons. The molecule has 3 aromatic rings. The molecule has 7 heteroatoms. The largest absolute Gasteiger partial charge is 0.373 e. The van der Waals surface area contributed by atoms with Crippen LogP contribution in [0, 0.1) is 5.82 Å². The monoisotopic (exact) mass is 313 g/mol. The van der Waals surface area contributed by atoms with Gasteiger partial charge in [-0.3, -0.25) is 14.6 Å².